The maximum atomic E-state index is 15.4. The van der Waals surface area contributed by atoms with Gasteiger partial charge in [0.1, 0.15) is 29.2 Å². The number of piperidine rings is 2. The van der Waals surface area contributed by atoms with Gasteiger partial charge in [0, 0.05) is 37.8 Å². The second-order valence-corrected chi connectivity index (χ2v) is 18.8. The number of anilines is 2. The van der Waals surface area contributed by atoms with Gasteiger partial charge in [0.25, 0.3) is 5.56 Å². The molecule has 8 rings (SSSR count). The number of nitriles is 1. The number of nitrogens with one attached hydrogen (secondary N) is 3. The largest absolute Gasteiger partial charge is 0.453 e. The van der Waals surface area contributed by atoms with Gasteiger partial charge in [0.2, 0.25) is 11.8 Å². The summed E-state index contributed by atoms with van der Waals surface area (Å²) >= 11 is 0. The Hall–Kier alpha value is -5.44. The molecule has 61 heavy (non-hydrogen) atoms. The van der Waals surface area contributed by atoms with Crippen molar-refractivity contribution < 1.29 is 31.5 Å². The Labute approximate surface area is 353 Å². The molecule has 1 unspecified atom stereocenters. The minimum atomic E-state index is -4.01. The standard InChI is InChI=1S/C44H50F2N8O6S/c1-3-52(2)61(58,59)51-38-13-11-35(45)41(34(38)25-47)60-31-9-12-37-33(23-31)43(57)54(26-48-37)30-16-17-44(24-30)18-20-53(21-19-44)29-7-4-27(5-8-29)32-10-6-28(22-36(32)46)49-39-14-15-40(55)50-42(39)56/h6,9-13,22-23,26-27,29-30,39,49,51H,3-5,7-8,14-21,24H2,1-2H3,(H,50,55,56)/t27?,29?,30-,39?/m1/s1. The van der Waals surface area contributed by atoms with Crippen molar-refractivity contribution in [2.24, 2.45) is 5.41 Å². The molecule has 3 N–H and O–H groups in total. The topological polar surface area (TPSA) is 179 Å². The molecule has 2 saturated heterocycles. The lowest BCUT2D eigenvalue weighted by Gasteiger charge is -2.45. The number of aromatic nitrogens is 2. The van der Waals surface area contributed by atoms with Crippen molar-refractivity contribution >= 4 is 44.3 Å². The average Bonchev–Trinajstić information content (AvgIpc) is 3.66. The van der Waals surface area contributed by atoms with E-state index in [0.717, 1.165) is 87.3 Å². The third kappa shape index (κ3) is 8.71. The Morgan fingerprint density at radius 1 is 0.967 bits per heavy atom. The second-order valence-electron chi connectivity index (χ2n) is 17.0. The number of ether oxygens (including phenoxy) is 1. The van der Waals surface area contributed by atoms with Crippen LogP contribution in [0.3, 0.4) is 0 Å². The van der Waals surface area contributed by atoms with Gasteiger partial charge in [-0.05, 0) is 137 Å². The van der Waals surface area contributed by atoms with Crippen LogP contribution < -0.4 is 25.7 Å². The lowest BCUT2D eigenvalue weighted by molar-refractivity contribution is -0.133. The number of nitrogens with zero attached hydrogens (tertiary/aromatic N) is 5. The monoisotopic (exact) mass is 856 g/mol. The number of rotatable bonds is 11. The van der Waals surface area contributed by atoms with E-state index in [4.69, 9.17) is 4.74 Å². The van der Waals surface area contributed by atoms with E-state index >= 15 is 8.78 Å². The molecule has 2 saturated carbocycles. The van der Waals surface area contributed by atoms with Crippen molar-refractivity contribution in [2.45, 2.75) is 102 Å². The minimum absolute atomic E-state index is 0.0370. The SMILES string of the molecule is CCN(C)S(=O)(=O)Nc1ccc(F)c(Oc2ccc3ncn([C@@H]4CCC5(CCN(C6CCC(c7ccc(NC8CCC(=O)NC8=O)cc7F)CC6)CC5)C4)c(=O)c3c2)c1C#N. The molecule has 2 aliphatic carbocycles. The summed E-state index contributed by atoms with van der Waals surface area (Å²) in [6.07, 6.45) is 10.8. The predicted molar refractivity (Wildman–Crippen MR) is 225 cm³/mol. The molecular formula is C44H50F2N8O6S. The third-order valence-electron chi connectivity index (χ3n) is 13.5. The smallest absolute Gasteiger partial charge is 0.301 e. The van der Waals surface area contributed by atoms with Gasteiger partial charge in [0.05, 0.1) is 22.9 Å². The van der Waals surface area contributed by atoms with Crippen LogP contribution in [-0.4, -0.2) is 77.8 Å². The highest BCUT2D eigenvalue weighted by Crippen LogP contribution is 2.51. The fourth-order valence-electron chi connectivity index (χ4n) is 9.76. The Bertz CT molecular complexity index is 2560. The highest BCUT2D eigenvalue weighted by molar-refractivity contribution is 7.90. The van der Waals surface area contributed by atoms with Gasteiger partial charge in [-0.25, -0.2) is 13.8 Å². The fraction of sp³-hybridized carbons (Fsp3) is 0.477. The Morgan fingerprint density at radius 3 is 2.44 bits per heavy atom. The van der Waals surface area contributed by atoms with Crippen LogP contribution in [0, 0.1) is 28.4 Å². The molecule has 1 aromatic heterocycles. The average molecular weight is 857 g/mol. The van der Waals surface area contributed by atoms with Gasteiger partial charge in [-0.15, -0.1) is 0 Å². The van der Waals surface area contributed by atoms with Crippen molar-refractivity contribution in [3.8, 4) is 17.6 Å². The fourth-order valence-corrected chi connectivity index (χ4v) is 10.7. The molecule has 2 amide bonds. The van der Waals surface area contributed by atoms with Crippen molar-refractivity contribution in [3.63, 3.8) is 0 Å². The number of hydrogen-bond donors (Lipinski definition) is 3. The number of amides is 2. The molecule has 0 radical (unpaired) electrons. The molecule has 14 nitrogen and oxygen atoms in total. The first-order valence-electron chi connectivity index (χ1n) is 21.1. The third-order valence-corrected chi connectivity index (χ3v) is 15.0. The molecule has 1 spiro atoms. The summed E-state index contributed by atoms with van der Waals surface area (Å²) in [6, 6.07) is 13.6. The van der Waals surface area contributed by atoms with E-state index in [1.807, 2.05) is 18.2 Å². The minimum Gasteiger partial charge on any atom is -0.453 e. The highest BCUT2D eigenvalue weighted by Gasteiger charge is 2.43. The molecule has 2 atom stereocenters. The van der Waals surface area contributed by atoms with Crippen molar-refractivity contribution in [1.82, 2.24) is 24.1 Å². The normalized spacial score (nSPS) is 23.2. The van der Waals surface area contributed by atoms with Gasteiger partial charge < -0.3 is 15.0 Å². The molecule has 4 fully saturated rings. The van der Waals surface area contributed by atoms with E-state index < -0.39 is 27.8 Å². The van der Waals surface area contributed by atoms with E-state index in [2.05, 4.69) is 25.2 Å². The van der Waals surface area contributed by atoms with Gasteiger partial charge in [0.15, 0.2) is 11.6 Å². The second kappa shape index (κ2) is 17.1. The number of hydrogen-bond acceptors (Lipinski definition) is 10. The van der Waals surface area contributed by atoms with E-state index in [1.54, 1.807) is 23.9 Å². The van der Waals surface area contributed by atoms with Crippen LogP contribution in [0.25, 0.3) is 10.9 Å². The maximum Gasteiger partial charge on any atom is 0.301 e. The lowest BCUT2D eigenvalue weighted by atomic mass is 9.75. The number of carbonyl (C=O) groups excluding carboxylic acids is 2. The molecule has 0 bridgehead atoms. The van der Waals surface area contributed by atoms with Crippen LogP contribution in [0.5, 0.6) is 11.5 Å². The summed E-state index contributed by atoms with van der Waals surface area (Å²) in [5, 5.41) is 15.6. The Kier molecular flexibility index (Phi) is 11.9. The first-order chi connectivity index (χ1) is 29.3. The van der Waals surface area contributed by atoms with Crippen molar-refractivity contribution in [3.05, 3.63) is 88.0 Å². The Balaban J connectivity index is 0.878. The quantitative estimate of drug-likeness (QED) is 0.138. The van der Waals surface area contributed by atoms with Crippen LogP contribution in [0.2, 0.25) is 0 Å². The van der Waals surface area contributed by atoms with Gasteiger partial charge in [-0.2, -0.15) is 18.0 Å². The number of halogens is 2. The van der Waals surface area contributed by atoms with E-state index in [-0.39, 0.29) is 75.9 Å². The predicted octanol–water partition coefficient (Wildman–Crippen LogP) is 6.70. The first kappa shape index (κ1) is 42.3. The van der Waals surface area contributed by atoms with Gasteiger partial charge in [-0.1, -0.05) is 13.0 Å². The summed E-state index contributed by atoms with van der Waals surface area (Å²) < 4.78 is 66.8. The molecule has 322 valence electrons. The van der Waals surface area contributed by atoms with Crippen LogP contribution in [-0.2, 0) is 19.8 Å². The maximum absolute atomic E-state index is 15.4. The highest BCUT2D eigenvalue weighted by atomic mass is 32.2. The summed E-state index contributed by atoms with van der Waals surface area (Å²) in [7, 11) is -2.64. The molecule has 3 aromatic carbocycles. The number of fused-ring (bicyclic) bond motifs is 1. The van der Waals surface area contributed by atoms with Crippen LogP contribution >= 0.6 is 0 Å². The van der Waals surface area contributed by atoms with Crippen LogP contribution in [0.4, 0.5) is 20.2 Å². The van der Waals surface area contributed by atoms with Gasteiger partial charge in [-0.3, -0.25) is 29.0 Å². The molecule has 2 aliphatic heterocycles. The van der Waals surface area contributed by atoms with Crippen molar-refractivity contribution in [1.29, 1.82) is 5.26 Å². The van der Waals surface area contributed by atoms with E-state index in [1.165, 1.54) is 25.2 Å². The zero-order chi connectivity index (χ0) is 43.1. The molecule has 3 heterocycles. The van der Waals surface area contributed by atoms with Crippen molar-refractivity contribution in [2.75, 3.05) is 36.7 Å². The number of imide groups is 1. The molecule has 4 aliphatic rings. The summed E-state index contributed by atoms with van der Waals surface area (Å²) in [4.78, 5) is 44.8. The zero-order valence-electron chi connectivity index (χ0n) is 34.3. The van der Waals surface area contributed by atoms with Crippen LogP contribution in [0.1, 0.15) is 101 Å². The number of benzene rings is 3. The summed E-state index contributed by atoms with van der Waals surface area (Å²) in [5.74, 6) is -2.07. The first-order valence-corrected chi connectivity index (χ1v) is 22.5. The zero-order valence-corrected chi connectivity index (χ0v) is 35.1. The molecule has 4 aromatic rings. The summed E-state index contributed by atoms with van der Waals surface area (Å²) in [6.45, 7) is 3.77. The molecule has 17 heteroatoms. The lowest BCUT2D eigenvalue weighted by Crippen LogP contribution is -2.47. The number of likely N-dealkylation sites (tertiary alicyclic amines) is 1. The van der Waals surface area contributed by atoms with Gasteiger partial charge >= 0.3 is 10.2 Å². The molecular weight excluding hydrogens is 807 g/mol. The summed E-state index contributed by atoms with van der Waals surface area (Å²) in [5.41, 5.74) is 1.07. The number of carbonyl (C=O) groups is 2. The Morgan fingerprint density at radius 2 is 1.74 bits per heavy atom. The van der Waals surface area contributed by atoms with E-state index in [0.29, 0.717) is 29.2 Å². The van der Waals surface area contributed by atoms with Crippen LogP contribution in [0.15, 0.2) is 59.7 Å². The van der Waals surface area contributed by atoms with E-state index in [9.17, 15) is 28.1 Å².